The lowest BCUT2D eigenvalue weighted by atomic mass is 9.99. The maximum atomic E-state index is 12.6. The average Bonchev–Trinajstić information content (AvgIpc) is 2.77. The Morgan fingerprint density at radius 3 is 2.32 bits per heavy atom. The van der Waals surface area contributed by atoms with Crippen molar-refractivity contribution in [1.29, 1.82) is 0 Å². The van der Waals surface area contributed by atoms with Gasteiger partial charge in [0.2, 0.25) is 17.5 Å². The highest BCUT2D eigenvalue weighted by Crippen LogP contribution is 2.33. The van der Waals surface area contributed by atoms with Gasteiger partial charge in [-0.1, -0.05) is 0 Å². The summed E-state index contributed by atoms with van der Waals surface area (Å²) in [4.78, 5) is 12.6. The van der Waals surface area contributed by atoms with Crippen LogP contribution in [-0.4, -0.2) is 68.0 Å². The Bertz CT molecular complexity index is 1140. The number of phenolic OH excluding ortho intramolecular Hbond substituents is 1. The molecule has 0 amide bonds. The summed E-state index contributed by atoms with van der Waals surface area (Å²) >= 11 is 0. The van der Waals surface area contributed by atoms with E-state index >= 15 is 0 Å². The van der Waals surface area contributed by atoms with Crippen LogP contribution < -0.4 is 10.2 Å². The molecule has 0 radical (unpaired) electrons. The number of benzene rings is 2. The molecule has 1 fully saturated rings. The zero-order valence-electron chi connectivity index (χ0n) is 16.0. The van der Waals surface area contributed by atoms with E-state index in [2.05, 4.69) is 0 Å². The Balaban J connectivity index is 1.70. The molecule has 0 bridgehead atoms. The van der Waals surface area contributed by atoms with E-state index < -0.39 is 48.5 Å². The molecule has 0 saturated carbocycles. The van der Waals surface area contributed by atoms with Crippen LogP contribution in [0.3, 0.4) is 0 Å². The van der Waals surface area contributed by atoms with Crippen LogP contribution in [0.4, 0.5) is 0 Å². The van der Waals surface area contributed by atoms with Gasteiger partial charge in [-0.25, -0.2) is 0 Å². The minimum atomic E-state index is -1.60. The number of phenols is 1. The molecule has 6 N–H and O–H groups in total. The molecule has 3 aromatic rings. The first-order chi connectivity index (χ1) is 14.8. The fourth-order valence-electron chi connectivity index (χ4n) is 3.34. The average molecular weight is 432 g/mol. The minimum absolute atomic E-state index is 0.00147. The van der Waals surface area contributed by atoms with Crippen LogP contribution >= 0.6 is 0 Å². The third kappa shape index (κ3) is 3.82. The van der Waals surface area contributed by atoms with Crippen molar-refractivity contribution in [2.24, 2.45) is 0 Å². The second-order valence-electron chi connectivity index (χ2n) is 7.13. The summed E-state index contributed by atoms with van der Waals surface area (Å²) in [6.07, 6.45) is -7.28. The molecule has 1 aromatic heterocycles. The second-order valence-corrected chi connectivity index (χ2v) is 7.13. The highest BCUT2D eigenvalue weighted by atomic mass is 16.7. The number of ether oxygens (including phenoxy) is 2. The number of rotatable bonds is 4. The van der Waals surface area contributed by atoms with Crippen LogP contribution in [0.5, 0.6) is 17.2 Å². The van der Waals surface area contributed by atoms with Crippen LogP contribution in [0.1, 0.15) is 0 Å². The van der Waals surface area contributed by atoms with Gasteiger partial charge in [-0.2, -0.15) is 0 Å². The summed E-state index contributed by atoms with van der Waals surface area (Å²) in [5, 5.41) is 58.9. The smallest absolute Gasteiger partial charge is 0.235 e. The molecule has 5 atom stereocenters. The lowest BCUT2D eigenvalue weighted by Crippen LogP contribution is -2.60. The molecule has 2 aromatic carbocycles. The molecule has 10 heteroatoms. The van der Waals surface area contributed by atoms with Gasteiger partial charge >= 0.3 is 0 Å². The third-order valence-corrected chi connectivity index (χ3v) is 5.07. The number of fused-ring (bicyclic) bond motifs is 1. The quantitative estimate of drug-likeness (QED) is 0.331. The highest BCUT2D eigenvalue weighted by molar-refractivity contribution is 5.83. The van der Waals surface area contributed by atoms with E-state index in [4.69, 9.17) is 13.9 Å². The van der Waals surface area contributed by atoms with E-state index in [1.165, 1.54) is 42.5 Å². The third-order valence-electron chi connectivity index (χ3n) is 5.07. The predicted molar refractivity (Wildman–Crippen MR) is 106 cm³/mol. The van der Waals surface area contributed by atoms with Crippen molar-refractivity contribution >= 4 is 11.0 Å². The lowest BCUT2D eigenvalue weighted by molar-refractivity contribution is -0.277. The van der Waals surface area contributed by atoms with Crippen molar-refractivity contribution in [3.8, 4) is 28.6 Å². The van der Waals surface area contributed by atoms with Gasteiger partial charge < -0.3 is 44.5 Å². The molecule has 0 aliphatic carbocycles. The second kappa shape index (κ2) is 8.17. The van der Waals surface area contributed by atoms with E-state index in [-0.39, 0.29) is 28.2 Å². The summed E-state index contributed by atoms with van der Waals surface area (Å²) in [6.45, 7) is -0.604. The van der Waals surface area contributed by atoms with Crippen molar-refractivity contribution in [3.05, 3.63) is 52.7 Å². The number of hydrogen-bond acceptors (Lipinski definition) is 10. The molecule has 0 unspecified atom stereocenters. The van der Waals surface area contributed by atoms with Crippen LogP contribution in [-0.2, 0) is 4.74 Å². The van der Waals surface area contributed by atoms with Gasteiger partial charge in [0.05, 0.1) is 12.0 Å². The summed E-state index contributed by atoms with van der Waals surface area (Å²) in [6, 6.07) is 9.74. The SMILES string of the molecule is O=c1c(O)c(-c2ccc(O)cc2)oc2cc(O[C@@H]3O[C@H](CO)[C@@H](O)[C@H](O)[C@H]3O)ccc12. The van der Waals surface area contributed by atoms with Gasteiger partial charge in [-0.3, -0.25) is 4.79 Å². The van der Waals surface area contributed by atoms with Crippen molar-refractivity contribution in [3.63, 3.8) is 0 Å². The molecule has 2 heterocycles. The summed E-state index contributed by atoms with van der Waals surface area (Å²) in [7, 11) is 0. The normalized spacial score (nSPS) is 26.1. The van der Waals surface area contributed by atoms with E-state index in [1.54, 1.807) is 0 Å². The zero-order chi connectivity index (χ0) is 22.3. The molecule has 1 aliphatic rings. The standard InChI is InChI=1S/C21H20O10/c22-8-14-16(25)17(26)19(28)21(31-14)29-11-5-6-12-13(7-11)30-20(18(27)15(12)24)9-1-3-10(23)4-2-9/h1-7,14,16-17,19,21-23,25-28H,8H2/t14-,16-,17+,19-,21-/m1/s1. The van der Waals surface area contributed by atoms with Crippen LogP contribution in [0.25, 0.3) is 22.3 Å². The van der Waals surface area contributed by atoms with Gasteiger partial charge in [0.25, 0.3) is 0 Å². The molecule has 1 aliphatic heterocycles. The number of aromatic hydroxyl groups is 2. The lowest BCUT2D eigenvalue weighted by Gasteiger charge is -2.39. The minimum Gasteiger partial charge on any atom is -0.508 e. The Morgan fingerprint density at radius 1 is 0.935 bits per heavy atom. The van der Waals surface area contributed by atoms with E-state index in [9.17, 15) is 35.4 Å². The first kappa shape index (κ1) is 21.1. The van der Waals surface area contributed by atoms with Gasteiger partial charge in [-0.05, 0) is 36.4 Å². The van der Waals surface area contributed by atoms with Crippen molar-refractivity contribution in [2.45, 2.75) is 30.7 Å². The van der Waals surface area contributed by atoms with E-state index in [0.717, 1.165) is 0 Å². The fourth-order valence-corrected chi connectivity index (χ4v) is 3.34. The van der Waals surface area contributed by atoms with Gasteiger partial charge in [0, 0.05) is 11.6 Å². The highest BCUT2D eigenvalue weighted by Gasteiger charge is 2.44. The first-order valence-corrected chi connectivity index (χ1v) is 9.36. The van der Waals surface area contributed by atoms with Gasteiger partial charge in [-0.15, -0.1) is 0 Å². The number of hydrogen-bond donors (Lipinski definition) is 6. The first-order valence-electron chi connectivity index (χ1n) is 9.36. The van der Waals surface area contributed by atoms with Crippen LogP contribution in [0.15, 0.2) is 51.7 Å². The largest absolute Gasteiger partial charge is 0.508 e. The summed E-state index contributed by atoms with van der Waals surface area (Å²) < 4.78 is 16.5. The van der Waals surface area contributed by atoms with Gasteiger partial charge in [0.15, 0.2) is 5.76 Å². The number of aliphatic hydroxyl groups is 4. The molecule has 1 saturated heterocycles. The van der Waals surface area contributed by atoms with Crippen molar-refractivity contribution < 1.29 is 44.5 Å². The maximum Gasteiger partial charge on any atom is 0.235 e. The monoisotopic (exact) mass is 432 g/mol. The molecule has 31 heavy (non-hydrogen) atoms. The summed E-state index contributed by atoms with van der Waals surface area (Å²) in [5.41, 5.74) is -0.258. The molecule has 0 spiro atoms. The van der Waals surface area contributed by atoms with E-state index in [0.29, 0.717) is 5.56 Å². The molecular weight excluding hydrogens is 412 g/mol. The molecular formula is C21H20O10. The molecule has 10 nitrogen and oxygen atoms in total. The van der Waals surface area contributed by atoms with Crippen molar-refractivity contribution in [1.82, 2.24) is 0 Å². The van der Waals surface area contributed by atoms with Crippen molar-refractivity contribution in [2.75, 3.05) is 6.61 Å². The Kier molecular flexibility index (Phi) is 5.56. The van der Waals surface area contributed by atoms with Gasteiger partial charge in [0.1, 0.15) is 41.5 Å². The van der Waals surface area contributed by atoms with Crippen LogP contribution in [0, 0.1) is 0 Å². The number of aliphatic hydroxyl groups excluding tert-OH is 4. The summed E-state index contributed by atoms with van der Waals surface area (Å²) in [5.74, 6) is -0.604. The molecule has 4 rings (SSSR count). The fraction of sp³-hybridized carbons (Fsp3) is 0.286. The van der Waals surface area contributed by atoms with E-state index in [1.807, 2.05) is 0 Å². The predicted octanol–water partition coefficient (Wildman–Crippen LogP) is 0.0499. The zero-order valence-corrected chi connectivity index (χ0v) is 16.0. The Hall–Kier alpha value is -3.15. The van der Waals surface area contributed by atoms with Crippen LogP contribution in [0.2, 0.25) is 0 Å². The Labute approximate surface area is 174 Å². The molecule has 164 valence electrons. The topological polar surface area (TPSA) is 170 Å². The Morgan fingerprint density at radius 2 is 1.65 bits per heavy atom. The maximum absolute atomic E-state index is 12.6.